The molecule has 0 spiro atoms. The molecule has 6 nitrogen and oxygen atoms in total. The topological polar surface area (TPSA) is 58.0 Å². The fourth-order valence-electron chi connectivity index (χ4n) is 1.71. The molecule has 0 atom stereocenters. The van der Waals surface area contributed by atoms with Crippen molar-refractivity contribution in [3.63, 3.8) is 0 Å². The van der Waals surface area contributed by atoms with Gasteiger partial charge in [0.2, 0.25) is 0 Å². The van der Waals surface area contributed by atoms with Crippen LogP contribution in [0.1, 0.15) is 0 Å². The van der Waals surface area contributed by atoms with E-state index in [1.165, 1.54) is 32.5 Å². The summed E-state index contributed by atoms with van der Waals surface area (Å²) in [5, 5.41) is 4.72. The molecule has 6 heteroatoms. The molecule has 2 aromatic heterocycles. The summed E-state index contributed by atoms with van der Waals surface area (Å²) >= 11 is 0. The zero-order valence-corrected chi connectivity index (χ0v) is 8.82. The van der Waals surface area contributed by atoms with Crippen LogP contribution in [0.15, 0.2) is 24.9 Å². The molecule has 0 saturated carbocycles. The summed E-state index contributed by atoms with van der Waals surface area (Å²) in [6, 6.07) is 0. The highest BCUT2D eigenvalue weighted by molar-refractivity contribution is 5.66. The molecule has 2 aliphatic heterocycles. The molecule has 2 saturated heterocycles. The lowest BCUT2D eigenvalue weighted by atomic mass is 10.3. The van der Waals surface area contributed by atoms with Gasteiger partial charge in [0.05, 0.1) is 6.20 Å². The van der Waals surface area contributed by atoms with Crippen molar-refractivity contribution in [2.75, 3.05) is 26.2 Å². The highest BCUT2D eigenvalue weighted by Crippen LogP contribution is 2.16. The molecule has 4 rings (SSSR count). The number of piperazine rings is 1. The lowest BCUT2D eigenvalue weighted by Crippen LogP contribution is -2.68. The first-order chi connectivity index (χ1) is 7.93. The molecule has 16 heavy (non-hydrogen) atoms. The Balaban J connectivity index is 0.000000114. The number of fused-ring (bicyclic) bond motifs is 2. The first-order valence-electron chi connectivity index (χ1n) is 5.30. The maximum Gasteiger partial charge on any atom is 0.181 e. The number of aromatic nitrogens is 4. The molecular weight excluding hydrogens is 204 g/mol. The Morgan fingerprint density at radius 1 is 0.875 bits per heavy atom. The van der Waals surface area contributed by atoms with E-state index in [2.05, 4.69) is 30.0 Å². The van der Waals surface area contributed by atoms with Crippen molar-refractivity contribution in [3.05, 3.63) is 24.9 Å². The molecule has 0 aromatic carbocycles. The van der Waals surface area contributed by atoms with E-state index in [9.17, 15) is 0 Å². The molecular formula is C10H12N6. The zero-order chi connectivity index (χ0) is 10.8. The number of hydrogen-bond acceptors (Lipinski definition) is 6. The molecule has 0 amide bonds. The highest BCUT2D eigenvalue weighted by atomic mass is 15.7. The van der Waals surface area contributed by atoms with Crippen LogP contribution < -0.4 is 0 Å². The third-order valence-corrected chi connectivity index (χ3v) is 2.78. The minimum absolute atomic E-state index is 0.637. The zero-order valence-electron chi connectivity index (χ0n) is 8.82. The maximum absolute atomic E-state index is 3.99. The van der Waals surface area contributed by atoms with Gasteiger partial charge in [0.15, 0.2) is 5.65 Å². The number of rotatable bonds is 0. The molecule has 4 heterocycles. The summed E-state index contributed by atoms with van der Waals surface area (Å²) in [6.07, 6.45) is 6.31. The third-order valence-electron chi connectivity index (χ3n) is 2.78. The van der Waals surface area contributed by atoms with Crippen LogP contribution >= 0.6 is 0 Å². The fraction of sp³-hybridized carbons (Fsp3) is 0.400. The smallest absolute Gasteiger partial charge is 0.181 e. The van der Waals surface area contributed by atoms with E-state index in [-0.39, 0.29) is 0 Å². The van der Waals surface area contributed by atoms with Crippen molar-refractivity contribution >= 4 is 11.2 Å². The predicted molar refractivity (Wildman–Crippen MR) is 58.3 cm³/mol. The van der Waals surface area contributed by atoms with Gasteiger partial charge in [-0.2, -0.15) is 0 Å². The van der Waals surface area contributed by atoms with Gasteiger partial charge in [0.1, 0.15) is 11.8 Å². The van der Waals surface area contributed by atoms with Crippen LogP contribution in [0.3, 0.4) is 0 Å². The number of nitrogens with zero attached hydrogens (tertiary/aromatic N) is 6. The van der Waals surface area contributed by atoms with E-state index >= 15 is 0 Å². The van der Waals surface area contributed by atoms with E-state index in [0.29, 0.717) is 5.65 Å². The summed E-state index contributed by atoms with van der Waals surface area (Å²) in [5.74, 6) is 0. The molecule has 2 aliphatic rings. The van der Waals surface area contributed by atoms with E-state index in [1.807, 2.05) is 0 Å². The third kappa shape index (κ3) is 1.72. The largest absolute Gasteiger partial charge is 0.250 e. The fourth-order valence-corrected chi connectivity index (χ4v) is 1.71. The van der Waals surface area contributed by atoms with Crippen molar-refractivity contribution < 1.29 is 0 Å². The second kappa shape index (κ2) is 4.07. The van der Waals surface area contributed by atoms with Gasteiger partial charge in [0, 0.05) is 38.6 Å². The van der Waals surface area contributed by atoms with Crippen molar-refractivity contribution in [1.82, 2.24) is 30.0 Å². The monoisotopic (exact) mass is 216 g/mol. The second-order valence-corrected chi connectivity index (χ2v) is 3.70. The Morgan fingerprint density at radius 3 is 2.12 bits per heavy atom. The molecule has 2 fully saturated rings. The molecule has 82 valence electrons. The average molecular weight is 216 g/mol. The van der Waals surface area contributed by atoms with Gasteiger partial charge in [-0.3, -0.25) is 0 Å². The molecule has 0 unspecified atom stereocenters. The van der Waals surface area contributed by atoms with Gasteiger partial charge in [-0.15, -0.1) is 0 Å². The lowest BCUT2D eigenvalue weighted by molar-refractivity contribution is -0.189. The molecule has 2 aromatic rings. The minimum atomic E-state index is 0.637. The van der Waals surface area contributed by atoms with Gasteiger partial charge < -0.3 is 0 Å². The molecule has 0 bridgehead atoms. The summed E-state index contributed by atoms with van der Waals surface area (Å²) in [4.78, 5) is 15.7. The van der Waals surface area contributed by atoms with Crippen LogP contribution in [0.5, 0.6) is 0 Å². The average Bonchev–Trinajstić information content (AvgIpc) is 2.35. The van der Waals surface area contributed by atoms with E-state index in [4.69, 9.17) is 0 Å². The van der Waals surface area contributed by atoms with Crippen molar-refractivity contribution in [2.45, 2.75) is 0 Å². The van der Waals surface area contributed by atoms with Crippen LogP contribution in [0.25, 0.3) is 11.2 Å². The van der Waals surface area contributed by atoms with E-state index in [1.54, 1.807) is 18.6 Å². The van der Waals surface area contributed by atoms with Gasteiger partial charge in [0.25, 0.3) is 0 Å². The van der Waals surface area contributed by atoms with Crippen LogP contribution in [-0.4, -0.2) is 56.1 Å². The number of hydrazine groups is 1. The summed E-state index contributed by atoms with van der Waals surface area (Å²) in [6.45, 7) is 5.28. The van der Waals surface area contributed by atoms with Crippen LogP contribution in [0.4, 0.5) is 0 Å². The van der Waals surface area contributed by atoms with Gasteiger partial charge >= 0.3 is 0 Å². The Hall–Kier alpha value is -1.66. The Morgan fingerprint density at radius 2 is 1.56 bits per heavy atom. The summed E-state index contributed by atoms with van der Waals surface area (Å²) in [7, 11) is 0. The second-order valence-electron chi connectivity index (χ2n) is 3.70. The lowest BCUT2D eigenvalue weighted by Gasteiger charge is -2.52. The van der Waals surface area contributed by atoms with Crippen molar-refractivity contribution in [2.24, 2.45) is 0 Å². The van der Waals surface area contributed by atoms with E-state index < -0.39 is 0 Å². The van der Waals surface area contributed by atoms with Gasteiger partial charge in [-0.1, -0.05) is 0 Å². The van der Waals surface area contributed by atoms with Crippen molar-refractivity contribution in [1.29, 1.82) is 0 Å². The quantitative estimate of drug-likeness (QED) is 0.615. The normalized spacial score (nSPS) is 19.0. The predicted octanol–water partition coefficient (Wildman–Crippen LogP) is -0.0476. The maximum atomic E-state index is 3.99. The SMILES string of the molecule is C1CN2CCN12.c1cnc2ncncc2n1. The Kier molecular flexibility index (Phi) is 2.43. The minimum Gasteiger partial charge on any atom is -0.250 e. The van der Waals surface area contributed by atoms with Crippen LogP contribution in [0, 0.1) is 0 Å². The van der Waals surface area contributed by atoms with Crippen LogP contribution in [0.2, 0.25) is 0 Å². The Labute approximate surface area is 92.9 Å². The molecule has 0 aliphatic carbocycles. The van der Waals surface area contributed by atoms with Gasteiger partial charge in [-0.25, -0.2) is 30.0 Å². The molecule has 0 N–H and O–H groups in total. The first-order valence-corrected chi connectivity index (χ1v) is 5.30. The summed E-state index contributed by atoms with van der Waals surface area (Å²) in [5.41, 5.74) is 1.36. The molecule has 0 radical (unpaired) electrons. The first kappa shape index (κ1) is 9.56. The van der Waals surface area contributed by atoms with Crippen molar-refractivity contribution in [3.8, 4) is 0 Å². The van der Waals surface area contributed by atoms with Crippen LogP contribution in [-0.2, 0) is 0 Å². The Bertz CT molecular complexity index is 404. The summed E-state index contributed by atoms with van der Waals surface area (Å²) < 4.78 is 0. The van der Waals surface area contributed by atoms with Gasteiger partial charge in [-0.05, 0) is 0 Å². The standard InChI is InChI=1S/C6H4N4.C4H8N2/c1-2-9-6-5(8-1)3-7-4-10-6;1-2-6-4-3-5(1)6/h1-4H;1-4H2. The number of hydrogen-bond donors (Lipinski definition) is 0. The van der Waals surface area contributed by atoms with E-state index in [0.717, 1.165) is 5.52 Å². The highest BCUT2D eigenvalue weighted by Gasteiger charge is 2.32.